The Hall–Kier alpha value is -9.12. The zero-order valence-electron chi connectivity index (χ0n) is 37.2. The molecule has 7 aromatic rings. The number of pyridine rings is 2. The van der Waals surface area contributed by atoms with Gasteiger partial charge < -0.3 is 19.8 Å². The second-order valence-electron chi connectivity index (χ2n) is 17.6. The maximum Gasteiger partial charge on any atom is 0.336 e. The monoisotopic (exact) mass is 899 g/mol. The second-order valence-corrected chi connectivity index (χ2v) is 17.6. The molecule has 332 valence electrons. The number of aromatic nitrogens is 2. The molecule has 5 heterocycles. The normalized spacial score (nSPS) is 15.9. The Morgan fingerprint density at radius 2 is 1.35 bits per heavy atom. The van der Waals surface area contributed by atoms with Gasteiger partial charge in [0.05, 0.1) is 40.6 Å². The van der Waals surface area contributed by atoms with E-state index in [-0.39, 0.29) is 28.2 Å². The van der Waals surface area contributed by atoms with Crippen LogP contribution in [0.1, 0.15) is 78.1 Å². The number of ether oxygens (including phenoxy) is 1. The molecular weight excluding hydrogens is 859 g/mol. The molecular formula is C59H41N5O5. The lowest BCUT2D eigenvalue weighted by atomic mass is 9.67. The Bertz CT molecular complexity index is 3420. The summed E-state index contributed by atoms with van der Waals surface area (Å²) in [7, 11) is 0. The van der Waals surface area contributed by atoms with Crippen LogP contribution in [0, 0.1) is 17.9 Å². The van der Waals surface area contributed by atoms with Crippen molar-refractivity contribution in [2.45, 2.75) is 31.1 Å². The summed E-state index contributed by atoms with van der Waals surface area (Å²) in [5.74, 6) is -1.25. The molecule has 0 radical (unpaired) electrons. The molecule has 2 N–H and O–H groups in total. The van der Waals surface area contributed by atoms with E-state index in [0.717, 1.165) is 83.3 Å². The van der Waals surface area contributed by atoms with Crippen LogP contribution >= 0.6 is 0 Å². The highest BCUT2D eigenvalue weighted by molar-refractivity contribution is 5.97. The third-order valence-corrected chi connectivity index (χ3v) is 13.7. The van der Waals surface area contributed by atoms with Gasteiger partial charge in [0.15, 0.2) is 0 Å². The Kier molecular flexibility index (Phi) is 10.6. The quantitative estimate of drug-likeness (QED) is 0.107. The number of aryl methyl sites for hydroxylation is 2. The number of carboxylic acid groups (broad SMARTS) is 2. The number of aromatic carboxylic acids is 2. The van der Waals surface area contributed by atoms with Crippen LogP contribution in [0.2, 0.25) is 0 Å². The average Bonchev–Trinajstić information content (AvgIpc) is 3.69. The minimum Gasteiger partial charge on any atom is -0.478 e. The van der Waals surface area contributed by atoms with Crippen molar-refractivity contribution < 1.29 is 24.5 Å². The fraction of sp³-hybridized carbons (Fsp3) is 0.119. The third kappa shape index (κ3) is 7.36. The first-order chi connectivity index (χ1) is 33.7. The van der Waals surface area contributed by atoms with Crippen molar-refractivity contribution in [2.75, 3.05) is 18.0 Å². The molecule has 2 aromatic heterocycles. The van der Waals surface area contributed by atoms with Crippen molar-refractivity contribution in [3.05, 3.63) is 242 Å². The van der Waals surface area contributed by atoms with Crippen molar-refractivity contribution in [3.8, 4) is 39.7 Å². The van der Waals surface area contributed by atoms with Crippen LogP contribution in [0.3, 0.4) is 0 Å². The summed E-state index contributed by atoms with van der Waals surface area (Å²) in [6.07, 6.45) is 14.7. The lowest BCUT2D eigenvalue weighted by Gasteiger charge is -2.37. The van der Waals surface area contributed by atoms with Crippen LogP contribution in [-0.2, 0) is 23.0 Å². The fourth-order valence-corrected chi connectivity index (χ4v) is 10.7. The molecule has 69 heavy (non-hydrogen) atoms. The number of hydrogen-bond donors (Lipinski definition) is 2. The number of rotatable bonds is 9. The first-order valence-electron chi connectivity index (χ1n) is 22.8. The predicted molar refractivity (Wildman–Crippen MR) is 265 cm³/mol. The number of nitrogens with zero attached hydrogens (tertiary/aromatic N) is 5. The molecule has 10 nitrogen and oxygen atoms in total. The number of allylic oxidation sites excluding steroid dienone is 5. The molecule has 4 aliphatic rings. The molecule has 0 amide bonds. The minimum absolute atomic E-state index is 0.000705. The fourth-order valence-electron chi connectivity index (χ4n) is 10.7. The summed E-state index contributed by atoms with van der Waals surface area (Å²) in [4.78, 5) is 39.3. The number of fused-ring (bicyclic) bond motifs is 3. The van der Waals surface area contributed by atoms with Gasteiger partial charge in [-0.1, -0.05) is 103 Å². The van der Waals surface area contributed by atoms with Crippen molar-refractivity contribution in [2.24, 2.45) is 0 Å². The van der Waals surface area contributed by atoms with Gasteiger partial charge in [0.2, 0.25) is 0 Å². The highest BCUT2D eigenvalue weighted by atomic mass is 16.5. The Morgan fingerprint density at radius 3 is 1.96 bits per heavy atom. The summed E-state index contributed by atoms with van der Waals surface area (Å²) in [5, 5.41) is 29.9. The third-order valence-electron chi connectivity index (χ3n) is 13.7. The van der Waals surface area contributed by atoms with E-state index in [1.807, 2.05) is 66.7 Å². The number of carboxylic acids is 2. The summed E-state index contributed by atoms with van der Waals surface area (Å²) < 4.78 is 6.58. The largest absolute Gasteiger partial charge is 0.478 e. The molecule has 0 atom stereocenters. The van der Waals surface area contributed by atoms with Gasteiger partial charge in [0.1, 0.15) is 11.5 Å². The van der Waals surface area contributed by atoms with Crippen LogP contribution < -0.4 is 4.90 Å². The van der Waals surface area contributed by atoms with Gasteiger partial charge in [-0.2, -0.15) is 0 Å². The summed E-state index contributed by atoms with van der Waals surface area (Å²) in [5.41, 5.74) is 13.6. The molecule has 0 saturated heterocycles. The van der Waals surface area contributed by atoms with Crippen LogP contribution in [0.4, 0.5) is 5.69 Å². The summed E-state index contributed by atoms with van der Waals surface area (Å²) in [6.45, 7) is 10.0. The Balaban J connectivity index is 0.966. The van der Waals surface area contributed by atoms with Crippen molar-refractivity contribution in [1.29, 1.82) is 5.26 Å². The maximum atomic E-state index is 12.8. The standard InChI is InChI=1S/C59H41N5O5/c1-61-54(34-60)42-30-45(23-14-36-28-39-8-6-26-64-27-7-9-40(29-36)56(39)64)69-55(32-42)38-17-21-44(22-18-38)59(50-12-4-2-10-46(50)47-11-3-5-13-51(47)59)43-19-15-37(16-20-43)49-35-63-53(33-48(49)58(67)68)52-31-41(57(65)66)24-25-62-52/h2-5,10-25,28-33,35H,6-9,26-27H2,(H,65,66)(H,67,68)/b23-14+,54-42-. The molecule has 11 rings (SSSR count). The number of hydrogen-bond acceptors (Lipinski definition) is 7. The summed E-state index contributed by atoms with van der Waals surface area (Å²) in [6, 6.07) is 43.7. The summed E-state index contributed by atoms with van der Waals surface area (Å²) >= 11 is 0. The van der Waals surface area contributed by atoms with Crippen molar-refractivity contribution >= 4 is 29.5 Å². The molecule has 5 aromatic carbocycles. The second kappa shape index (κ2) is 17.3. The van der Waals surface area contributed by atoms with Crippen LogP contribution in [-0.4, -0.2) is 45.2 Å². The molecule has 0 saturated carbocycles. The van der Waals surface area contributed by atoms with E-state index in [1.54, 1.807) is 12.2 Å². The molecule has 1 aliphatic carbocycles. The average molecular weight is 900 g/mol. The van der Waals surface area contributed by atoms with Crippen LogP contribution in [0.25, 0.3) is 50.3 Å². The lowest BCUT2D eigenvalue weighted by Crippen LogP contribution is -2.34. The van der Waals surface area contributed by atoms with Gasteiger partial charge in [-0.25, -0.2) is 19.7 Å². The van der Waals surface area contributed by atoms with E-state index in [0.29, 0.717) is 28.2 Å². The lowest BCUT2D eigenvalue weighted by molar-refractivity contribution is 0.0686. The maximum absolute atomic E-state index is 12.8. The van der Waals surface area contributed by atoms with Gasteiger partial charge in [0, 0.05) is 42.3 Å². The Labute approximate surface area is 398 Å². The smallest absolute Gasteiger partial charge is 0.336 e. The zero-order chi connectivity index (χ0) is 47.2. The number of nitriles is 1. The molecule has 10 heteroatoms. The highest BCUT2D eigenvalue weighted by Crippen LogP contribution is 2.56. The van der Waals surface area contributed by atoms with Gasteiger partial charge in [-0.3, -0.25) is 9.97 Å². The molecule has 0 bridgehead atoms. The van der Waals surface area contributed by atoms with Gasteiger partial charge in [0.25, 0.3) is 5.70 Å². The topological polar surface area (TPSA) is 141 Å². The molecule has 0 spiro atoms. The first-order valence-corrected chi connectivity index (χ1v) is 22.8. The van der Waals surface area contributed by atoms with E-state index >= 15 is 0 Å². The molecule has 3 aliphatic heterocycles. The number of anilines is 1. The van der Waals surface area contributed by atoms with Crippen molar-refractivity contribution in [3.63, 3.8) is 0 Å². The van der Waals surface area contributed by atoms with E-state index in [9.17, 15) is 25.1 Å². The van der Waals surface area contributed by atoms with Gasteiger partial charge in [-0.05, 0) is 135 Å². The van der Waals surface area contributed by atoms with Crippen molar-refractivity contribution in [1.82, 2.24) is 9.97 Å². The predicted octanol–water partition coefficient (Wildman–Crippen LogP) is 11.9. The van der Waals surface area contributed by atoms with Gasteiger partial charge in [-0.15, -0.1) is 0 Å². The minimum atomic E-state index is -1.16. The van der Waals surface area contributed by atoms with E-state index in [1.165, 1.54) is 47.4 Å². The van der Waals surface area contributed by atoms with Gasteiger partial charge >= 0.3 is 11.9 Å². The van der Waals surface area contributed by atoms with Crippen LogP contribution in [0.15, 0.2) is 175 Å². The molecule has 0 unspecified atom stereocenters. The van der Waals surface area contributed by atoms with Crippen LogP contribution in [0.5, 0.6) is 0 Å². The zero-order valence-corrected chi connectivity index (χ0v) is 37.2. The van der Waals surface area contributed by atoms with E-state index in [2.05, 4.69) is 80.4 Å². The highest BCUT2D eigenvalue weighted by Gasteiger charge is 2.46. The number of benzene rings is 5. The first kappa shape index (κ1) is 42.5. The molecule has 0 fully saturated rings. The number of carbonyl (C=O) groups is 2. The van der Waals surface area contributed by atoms with E-state index < -0.39 is 17.4 Å². The SMILES string of the molecule is [C-]#[N+]/C(C#N)=C1C=C(/C=C/c2cc3c4c(c2)CCCN4CCC3)OC(c2ccc(C3(c4ccc(-c5cnc(-c6cc(C(=O)O)ccn6)cc5C(=O)O)cc4)c4ccccc4-c4ccccc43)cc2)=C/1. The van der Waals surface area contributed by atoms with E-state index in [4.69, 9.17) is 11.3 Å². The Morgan fingerprint density at radius 1 is 0.725 bits per heavy atom.